The summed E-state index contributed by atoms with van der Waals surface area (Å²) in [6.07, 6.45) is 5.44. The molecule has 0 radical (unpaired) electrons. The highest BCUT2D eigenvalue weighted by atomic mass is 32.2. The zero-order valence-electron chi connectivity index (χ0n) is 27.0. The number of hydrogen-bond acceptors (Lipinski definition) is 8. The molecule has 250 valence electrons. The lowest BCUT2D eigenvalue weighted by Gasteiger charge is -2.63. The molecule has 0 aromatic rings. The lowest BCUT2D eigenvalue weighted by atomic mass is 9.43. The zero-order valence-corrected chi connectivity index (χ0v) is 27.8. The quantitative estimate of drug-likeness (QED) is 0.124. The molecule has 4 saturated carbocycles. The summed E-state index contributed by atoms with van der Waals surface area (Å²) in [6, 6.07) is 0. The minimum Gasteiger partial charge on any atom is -0.748 e. The Kier molecular flexibility index (Phi) is 10.7. The molecular weight excluding hydrogens is 572 g/mol. The van der Waals surface area contributed by atoms with Crippen molar-refractivity contribution in [3.63, 3.8) is 0 Å². The first kappa shape index (κ1) is 35.0. The van der Waals surface area contributed by atoms with Gasteiger partial charge in [0.05, 0.1) is 54.8 Å². The summed E-state index contributed by atoms with van der Waals surface area (Å²) in [5, 5.41) is 46.5. The molecule has 0 bridgehead atoms. The van der Waals surface area contributed by atoms with Gasteiger partial charge in [-0.2, -0.15) is 0 Å². The number of fused-ring (bicyclic) bond motifs is 5. The number of rotatable bonds is 12. The average Bonchev–Trinajstić information content (AvgIpc) is 3.24. The number of amides is 1. The molecule has 43 heavy (non-hydrogen) atoms. The van der Waals surface area contributed by atoms with E-state index in [4.69, 9.17) is 0 Å². The molecular formula is C32H58N2O8S. The minimum absolute atomic E-state index is 0.0141. The van der Waals surface area contributed by atoms with Gasteiger partial charge in [-0.15, -0.1) is 0 Å². The second-order valence-corrected chi connectivity index (χ2v) is 17.4. The van der Waals surface area contributed by atoms with Crippen molar-refractivity contribution in [2.24, 2.45) is 46.3 Å². The van der Waals surface area contributed by atoms with Crippen LogP contribution in [0, 0.1) is 46.3 Å². The fourth-order valence-corrected chi connectivity index (χ4v) is 11.0. The van der Waals surface area contributed by atoms with Gasteiger partial charge in [0, 0.05) is 19.4 Å². The Morgan fingerprint density at radius 3 is 2.44 bits per heavy atom. The molecule has 5 N–H and O–H groups in total. The van der Waals surface area contributed by atoms with Gasteiger partial charge in [0.15, 0.2) is 0 Å². The molecule has 0 aliphatic heterocycles. The van der Waals surface area contributed by atoms with E-state index in [2.05, 4.69) is 26.1 Å². The Bertz CT molecular complexity index is 1090. The first-order valence-corrected chi connectivity index (χ1v) is 18.2. The molecule has 12 atom stereocenters. The predicted molar refractivity (Wildman–Crippen MR) is 162 cm³/mol. The van der Waals surface area contributed by atoms with E-state index >= 15 is 0 Å². The minimum atomic E-state index is -4.48. The van der Waals surface area contributed by atoms with E-state index in [0.29, 0.717) is 42.8 Å². The molecule has 6 unspecified atom stereocenters. The number of aliphatic hydroxyl groups is 4. The van der Waals surface area contributed by atoms with Gasteiger partial charge < -0.3 is 34.8 Å². The number of nitrogens with one attached hydrogen (secondary N) is 1. The molecule has 0 heterocycles. The van der Waals surface area contributed by atoms with Crippen molar-refractivity contribution in [3.8, 4) is 0 Å². The van der Waals surface area contributed by atoms with Gasteiger partial charge in [0.2, 0.25) is 5.91 Å². The topological polar surface area (TPSA) is 167 Å². The molecule has 0 aromatic heterocycles. The standard InChI is InChI=1S/C32H58N2O8S/c1-20(7-10-29(39)33-13-6-14-34(4,5)18-23(36)19-43(40,41)42)24-8-9-25-30-26(17-28(38)32(24,25)3)31(2)12-11-22(35)15-21(31)16-27(30)37/h20-28,30,35-38H,6-19H2,1-5H3,(H-,33,39,40,41,42)/t20-,21+,22-,23?,24-,25?,26?,27-,28+,30?,31?,32?/m1/s1. The van der Waals surface area contributed by atoms with Crippen LogP contribution in [-0.2, 0) is 14.9 Å². The molecule has 0 spiro atoms. The number of nitrogens with zero attached hydrogens (tertiary/aromatic N) is 1. The third-order valence-electron chi connectivity index (χ3n) is 12.7. The predicted octanol–water partition coefficient (Wildman–Crippen LogP) is 1.85. The summed E-state index contributed by atoms with van der Waals surface area (Å²) in [4.78, 5) is 12.7. The third kappa shape index (κ3) is 7.60. The summed E-state index contributed by atoms with van der Waals surface area (Å²) in [7, 11) is -0.775. The van der Waals surface area contributed by atoms with Gasteiger partial charge in [-0.05, 0) is 97.7 Å². The molecule has 4 aliphatic carbocycles. The van der Waals surface area contributed by atoms with E-state index in [1.54, 1.807) is 0 Å². The summed E-state index contributed by atoms with van der Waals surface area (Å²) >= 11 is 0. The molecule has 4 aliphatic rings. The van der Waals surface area contributed by atoms with Crippen LogP contribution in [0.4, 0.5) is 0 Å². The fourth-order valence-electron chi connectivity index (χ4n) is 10.5. The Morgan fingerprint density at radius 1 is 1.07 bits per heavy atom. The van der Waals surface area contributed by atoms with E-state index < -0.39 is 34.2 Å². The number of carbonyl (C=O) groups excluding carboxylic acids is 1. The normalized spacial score (nSPS) is 41.1. The number of aliphatic hydroxyl groups excluding tert-OH is 4. The zero-order chi connectivity index (χ0) is 32.0. The van der Waals surface area contributed by atoms with Gasteiger partial charge >= 0.3 is 0 Å². The van der Waals surface area contributed by atoms with Crippen LogP contribution in [-0.4, -0.2) is 108 Å². The first-order valence-electron chi connectivity index (χ1n) is 16.6. The van der Waals surface area contributed by atoms with Crippen LogP contribution in [0.25, 0.3) is 0 Å². The first-order chi connectivity index (χ1) is 19.9. The van der Waals surface area contributed by atoms with Crippen molar-refractivity contribution in [1.29, 1.82) is 0 Å². The van der Waals surface area contributed by atoms with E-state index in [1.165, 1.54) is 0 Å². The smallest absolute Gasteiger partial charge is 0.220 e. The molecule has 0 aromatic carbocycles. The van der Waals surface area contributed by atoms with Crippen LogP contribution >= 0.6 is 0 Å². The van der Waals surface area contributed by atoms with Gasteiger partial charge in [0.25, 0.3) is 0 Å². The van der Waals surface area contributed by atoms with Crippen LogP contribution < -0.4 is 5.32 Å². The highest BCUT2D eigenvalue weighted by Gasteiger charge is 2.65. The lowest BCUT2D eigenvalue weighted by molar-refractivity contribution is -0.893. The van der Waals surface area contributed by atoms with Crippen LogP contribution in [0.1, 0.15) is 85.0 Å². The SMILES string of the molecule is C[C@H](CCC(=O)NCCC[N+](C)(C)CC(O)CS(=O)(=O)[O-])[C@H]1CCC2C3C(C[C@H](O)C21C)C1(C)CC[C@@H](O)C[C@H]1C[C@H]3O. The number of quaternary nitrogens is 1. The second kappa shape index (κ2) is 13.1. The van der Waals surface area contributed by atoms with Gasteiger partial charge in [0.1, 0.15) is 12.6 Å². The summed E-state index contributed by atoms with van der Waals surface area (Å²) < 4.78 is 33.0. The van der Waals surface area contributed by atoms with Crippen molar-refractivity contribution < 1.29 is 42.7 Å². The summed E-state index contributed by atoms with van der Waals surface area (Å²) in [5.74, 6) is 0.749. The van der Waals surface area contributed by atoms with Crippen LogP contribution in [0.5, 0.6) is 0 Å². The molecule has 10 nitrogen and oxygen atoms in total. The van der Waals surface area contributed by atoms with E-state index in [9.17, 15) is 38.2 Å². The number of likely N-dealkylation sites (N-methyl/N-ethyl adjacent to an activating group) is 1. The molecule has 1 amide bonds. The highest BCUT2D eigenvalue weighted by Crippen LogP contribution is 2.68. The average molecular weight is 631 g/mol. The number of carbonyl (C=O) groups is 1. The third-order valence-corrected chi connectivity index (χ3v) is 13.5. The van der Waals surface area contributed by atoms with Crippen molar-refractivity contribution >= 4 is 16.0 Å². The summed E-state index contributed by atoms with van der Waals surface area (Å²) in [5.41, 5.74) is -0.229. The van der Waals surface area contributed by atoms with Gasteiger partial charge in [-0.25, -0.2) is 8.42 Å². The maximum atomic E-state index is 12.7. The van der Waals surface area contributed by atoms with Crippen LogP contribution in [0.2, 0.25) is 0 Å². The maximum absolute atomic E-state index is 12.7. The van der Waals surface area contributed by atoms with Gasteiger partial charge in [-0.1, -0.05) is 20.8 Å². The fraction of sp³-hybridized carbons (Fsp3) is 0.969. The second-order valence-electron chi connectivity index (χ2n) is 16.0. The number of hydrogen-bond donors (Lipinski definition) is 5. The van der Waals surface area contributed by atoms with Crippen molar-refractivity contribution in [3.05, 3.63) is 0 Å². The van der Waals surface area contributed by atoms with E-state index in [1.807, 2.05) is 14.1 Å². The Labute approximate surface area is 259 Å². The van der Waals surface area contributed by atoms with E-state index in [0.717, 1.165) is 44.9 Å². The Morgan fingerprint density at radius 2 is 1.77 bits per heavy atom. The molecule has 4 rings (SSSR count). The molecule has 11 heteroatoms. The Hall–Kier alpha value is -0.820. The van der Waals surface area contributed by atoms with E-state index in [-0.39, 0.29) is 59.0 Å². The Balaban J connectivity index is 1.27. The van der Waals surface area contributed by atoms with Gasteiger partial charge in [-0.3, -0.25) is 4.79 Å². The van der Waals surface area contributed by atoms with Crippen LogP contribution in [0.3, 0.4) is 0 Å². The highest BCUT2D eigenvalue weighted by molar-refractivity contribution is 7.85. The van der Waals surface area contributed by atoms with Crippen molar-refractivity contribution in [2.75, 3.05) is 39.5 Å². The van der Waals surface area contributed by atoms with Crippen molar-refractivity contribution in [2.45, 2.75) is 109 Å². The van der Waals surface area contributed by atoms with Crippen molar-refractivity contribution in [1.82, 2.24) is 5.32 Å². The summed E-state index contributed by atoms with van der Waals surface area (Å²) in [6.45, 7) is 8.02. The molecule has 0 saturated heterocycles. The largest absolute Gasteiger partial charge is 0.748 e. The lowest BCUT2D eigenvalue weighted by Crippen LogP contribution is -2.62. The maximum Gasteiger partial charge on any atom is 0.220 e. The van der Waals surface area contributed by atoms with Crippen LogP contribution in [0.15, 0.2) is 0 Å². The monoisotopic (exact) mass is 630 g/mol. The molecule has 4 fully saturated rings.